The monoisotopic (exact) mass is 472 g/mol. The minimum absolute atomic E-state index is 0.333. The first-order valence-corrected chi connectivity index (χ1v) is 14.1. The largest absolute Gasteiger partial charge is 0.500 e. The normalized spacial score (nSPS) is 20.6. The number of hydrogen-bond donors (Lipinski definition) is 0. The number of epoxide rings is 2. The predicted octanol–water partition coefficient (Wildman–Crippen LogP) is 1.34. The average molecular weight is 473 g/mol. The van der Waals surface area contributed by atoms with Crippen molar-refractivity contribution >= 4 is 17.6 Å². The lowest BCUT2D eigenvalue weighted by Gasteiger charge is -2.24. The Labute approximate surface area is 183 Å². The molecule has 0 spiro atoms. The van der Waals surface area contributed by atoms with Crippen LogP contribution in [0.3, 0.4) is 0 Å². The van der Waals surface area contributed by atoms with E-state index in [1.54, 1.807) is 42.7 Å². The highest BCUT2D eigenvalue weighted by Gasteiger charge is 2.37. The fourth-order valence-corrected chi connectivity index (χ4v) is 6.03. The minimum Gasteiger partial charge on any atom is -0.379 e. The molecule has 2 saturated heterocycles. The maximum absolute atomic E-state index is 5.42. The third kappa shape index (κ3) is 11.6. The van der Waals surface area contributed by atoms with E-state index in [1.165, 1.54) is 0 Å². The van der Waals surface area contributed by atoms with E-state index in [2.05, 4.69) is 0 Å². The Balaban J connectivity index is 0.000000300. The van der Waals surface area contributed by atoms with Gasteiger partial charge in [-0.1, -0.05) is 0 Å². The molecule has 0 radical (unpaired) electrons. The highest BCUT2D eigenvalue weighted by molar-refractivity contribution is 6.60. The van der Waals surface area contributed by atoms with Crippen LogP contribution in [0.25, 0.3) is 0 Å². The number of rotatable bonds is 18. The van der Waals surface area contributed by atoms with Crippen LogP contribution in [-0.4, -0.2) is 112 Å². The van der Waals surface area contributed by atoms with Gasteiger partial charge in [-0.2, -0.15) is 0 Å². The molecule has 0 aliphatic carbocycles. The second-order valence-corrected chi connectivity index (χ2v) is 13.0. The standard InChI is InChI=1S/2C9H20O5Si/c2*1-10-15(11-2,12-3)6-4-5-13-7-9-8-14-9/h2*9H,4-8H2,1-3H3/t2*9-/m00/s1. The van der Waals surface area contributed by atoms with Gasteiger partial charge in [-0.3, -0.25) is 0 Å². The van der Waals surface area contributed by atoms with Crippen molar-refractivity contribution < 1.29 is 45.5 Å². The Morgan fingerprint density at radius 1 is 0.600 bits per heavy atom. The number of ether oxygens (including phenoxy) is 4. The van der Waals surface area contributed by atoms with Gasteiger partial charge in [-0.25, -0.2) is 0 Å². The molecule has 2 fully saturated rings. The Bertz CT molecular complexity index is 361. The smallest absolute Gasteiger partial charge is 0.379 e. The molecule has 0 N–H and O–H groups in total. The van der Waals surface area contributed by atoms with E-state index >= 15 is 0 Å². The Morgan fingerprint density at radius 2 is 0.900 bits per heavy atom. The molecule has 2 atom stereocenters. The van der Waals surface area contributed by atoms with Crippen molar-refractivity contribution in [2.75, 3.05) is 82.3 Å². The zero-order valence-corrected chi connectivity index (χ0v) is 21.3. The first-order chi connectivity index (χ1) is 14.5. The van der Waals surface area contributed by atoms with Gasteiger partial charge >= 0.3 is 17.6 Å². The van der Waals surface area contributed by atoms with E-state index in [1.807, 2.05) is 0 Å². The van der Waals surface area contributed by atoms with Crippen molar-refractivity contribution in [2.24, 2.45) is 0 Å². The van der Waals surface area contributed by atoms with Crippen LogP contribution in [0.2, 0.25) is 12.1 Å². The van der Waals surface area contributed by atoms with E-state index in [-0.39, 0.29) is 0 Å². The molecule has 0 bridgehead atoms. The summed E-state index contributed by atoms with van der Waals surface area (Å²) in [6.45, 7) is 4.47. The van der Waals surface area contributed by atoms with Crippen LogP contribution in [0.1, 0.15) is 12.8 Å². The van der Waals surface area contributed by atoms with Gasteiger partial charge in [0.05, 0.1) is 26.4 Å². The van der Waals surface area contributed by atoms with Crippen molar-refractivity contribution in [3.8, 4) is 0 Å². The molecular formula is C18H40O10Si2. The van der Waals surface area contributed by atoms with Crippen LogP contribution < -0.4 is 0 Å². The van der Waals surface area contributed by atoms with Gasteiger partial charge in [0.2, 0.25) is 0 Å². The molecule has 0 saturated carbocycles. The van der Waals surface area contributed by atoms with Gasteiger partial charge < -0.3 is 45.5 Å². The zero-order valence-electron chi connectivity index (χ0n) is 19.3. The molecule has 2 aliphatic heterocycles. The molecule has 0 unspecified atom stereocenters. The first kappa shape index (κ1) is 28.1. The third-order valence-electron chi connectivity index (χ3n) is 4.82. The summed E-state index contributed by atoms with van der Waals surface area (Å²) in [4.78, 5) is 0. The topological polar surface area (TPSA) is 98.9 Å². The van der Waals surface area contributed by atoms with Crippen LogP contribution >= 0.6 is 0 Å². The van der Waals surface area contributed by atoms with Crippen molar-refractivity contribution in [3.63, 3.8) is 0 Å². The molecular weight excluding hydrogens is 432 g/mol. The van der Waals surface area contributed by atoms with Gasteiger partial charge in [-0.05, 0) is 12.8 Å². The van der Waals surface area contributed by atoms with E-state index in [4.69, 9.17) is 45.5 Å². The molecule has 2 heterocycles. The zero-order chi connectivity index (χ0) is 22.3. The molecule has 30 heavy (non-hydrogen) atoms. The molecule has 0 aromatic heterocycles. The number of hydrogen-bond acceptors (Lipinski definition) is 10. The Kier molecular flexibility index (Phi) is 14.8. The van der Waals surface area contributed by atoms with E-state index in [9.17, 15) is 0 Å². The summed E-state index contributed by atoms with van der Waals surface area (Å²) in [5.41, 5.74) is 0. The van der Waals surface area contributed by atoms with Crippen LogP contribution in [0.5, 0.6) is 0 Å². The van der Waals surface area contributed by atoms with Crippen molar-refractivity contribution in [1.29, 1.82) is 0 Å². The molecule has 180 valence electrons. The molecule has 0 aromatic carbocycles. The molecule has 0 aromatic rings. The van der Waals surface area contributed by atoms with E-state index in [0.717, 1.165) is 38.1 Å². The fraction of sp³-hybridized carbons (Fsp3) is 1.00. The minimum atomic E-state index is -2.39. The van der Waals surface area contributed by atoms with Gasteiger partial charge in [0.25, 0.3) is 0 Å². The lowest BCUT2D eigenvalue weighted by molar-refractivity contribution is 0.0999. The molecule has 10 nitrogen and oxygen atoms in total. The molecule has 12 heteroatoms. The second-order valence-electron chi connectivity index (χ2n) is 6.86. The van der Waals surface area contributed by atoms with Gasteiger partial charge in [-0.15, -0.1) is 0 Å². The van der Waals surface area contributed by atoms with Crippen LogP contribution in [0, 0.1) is 0 Å². The highest BCUT2D eigenvalue weighted by Crippen LogP contribution is 2.16. The summed E-state index contributed by atoms with van der Waals surface area (Å²) in [5, 5.41) is 0. The van der Waals surface area contributed by atoms with Crippen LogP contribution in [0.15, 0.2) is 0 Å². The average Bonchev–Trinajstić information content (AvgIpc) is 3.70. The van der Waals surface area contributed by atoms with Crippen molar-refractivity contribution in [1.82, 2.24) is 0 Å². The highest BCUT2D eigenvalue weighted by atomic mass is 28.4. The van der Waals surface area contributed by atoms with Gasteiger partial charge in [0.1, 0.15) is 12.2 Å². The summed E-state index contributed by atoms with van der Waals surface area (Å²) in [5.74, 6) is 0. The maximum Gasteiger partial charge on any atom is 0.500 e. The molecule has 2 rings (SSSR count). The van der Waals surface area contributed by atoms with Gasteiger partial charge in [0.15, 0.2) is 0 Å². The lowest BCUT2D eigenvalue weighted by atomic mass is 10.5. The lowest BCUT2D eigenvalue weighted by Crippen LogP contribution is -2.42. The SMILES string of the molecule is CO[Si](CCCOC[C@H]1CO1)(OC)OC.CO[Si](CCCOC[C@H]1CO1)(OC)OC. The fourth-order valence-electron chi connectivity index (χ4n) is 2.65. The maximum atomic E-state index is 5.42. The third-order valence-corrected chi connectivity index (χ3v) is 10.5. The van der Waals surface area contributed by atoms with E-state index in [0.29, 0.717) is 38.6 Å². The Hall–Kier alpha value is 0.0338. The quantitative estimate of drug-likeness (QED) is 0.165. The summed E-state index contributed by atoms with van der Waals surface area (Å²) in [6.07, 6.45) is 2.43. The predicted molar refractivity (Wildman–Crippen MR) is 114 cm³/mol. The van der Waals surface area contributed by atoms with Crippen molar-refractivity contribution in [2.45, 2.75) is 37.1 Å². The molecule has 0 amide bonds. The Morgan fingerprint density at radius 3 is 1.13 bits per heavy atom. The summed E-state index contributed by atoms with van der Waals surface area (Å²) >= 11 is 0. The van der Waals surface area contributed by atoms with Crippen molar-refractivity contribution in [3.05, 3.63) is 0 Å². The molecule has 2 aliphatic rings. The van der Waals surface area contributed by atoms with Crippen LogP contribution in [0.4, 0.5) is 0 Å². The summed E-state index contributed by atoms with van der Waals surface area (Å²) in [6, 6.07) is 1.56. The summed E-state index contributed by atoms with van der Waals surface area (Å²) in [7, 11) is 4.96. The first-order valence-electron chi connectivity index (χ1n) is 10.2. The van der Waals surface area contributed by atoms with Crippen LogP contribution in [-0.2, 0) is 45.5 Å². The van der Waals surface area contributed by atoms with E-state index < -0.39 is 17.6 Å². The van der Waals surface area contributed by atoms with Gasteiger partial charge in [0, 0.05) is 68.0 Å². The summed E-state index contributed by atoms with van der Waals surface area (Å²) < 4.78 is 52.6. The second kappa shape index (κ2) is 15.8.